The lowest BCUT2D eigenvalue weighted by Crippen LogP contribution is -2.37. The second-order valence-electron chi connectivity index (χ2n) is 8.61. The summed E-state index contributed by atoms with van der Waals surface area (Å²) in [5.74, 6) is 1.58. The lowest BCUT2D eigenvalue weighted by Gasteiger charge is -2.46. The maximum atomic E-state index is 12.8. The van der Waals surface area contributed by atoms with E-state index >= 15 is 0 Å². The Morgan fingerprint density at radius 3 is 2.54 bits per heavy atom. The Morgan fingerprint density at radius 2 is 1.93 bits per heavy atom. The standard InChI is InChI=1S/C23H25F3N2/c1-13(2)16-7-10-18-20-19(11-14(3)22(18,4)12-16)27-21(28-20)15-5-8-17(9-6-15)23(24,25)26/h5-6,8-10,14,16H,1,7,11-12H2,2-4H3,(H,27,28)/t14-,16-,22+/m1/s1. The highest BCUT2D eigenvalue weighted by Crippen LogP contribution is 2.55. The number of hydrogen-bond acceptors (Lipinski definition) is 1. The minimum Gasteiger partial charge on any atom is -0.341 e. The smallest absolute Gasteiger partial charge is 0.341 e. The number of hydrogen-bond donors (Lipinski definition) is 1. The first-order valence-electron chi connectivity index (χ1n) is 9.72. The number of allylic oxidation sites excluding steroid dienone is 3. The van der Waals surface area contributed by atoms with Crippen LogP contribution < -0.4 is 0 Å². The molecule has 0 spiro atoms. The minimum absolute atomic E-state index is 0.0431. The summed E-state index contributed by atoms with van der Waals surface area (Å²) in [6.45, 7) is 10.8. The van der Waals surface area contributed by atoms with Gasteiger partial charge in [-0.05, 0) is 61.1 Å². The number of nitrogens with zero attached hydrogens (tertiary/aromatic N) is 1. The number of imidazole rings is 1. The molecule has 1 N–H and O–H groups in total. The number of fused-ring (bicyclic) bond motifs is 3. The Hall–Kier alpha value is -2.30. The monoisotopic (exact) mass is 386 g/mol. The number of rotatable bonds is 2. The zero-order valence-corrected chi connectivity index (χ0v) is 16.5. The van der Waals surface area contributed by atoms with Gasteiger partial charge in [0.1, 0.15) is 5.82 Å². The van der Waals surface area contributed by atoms with Crippen molar-refractivity contribution in [2.45, 2.75) is 46.2 Å². The number of halogens is 3. The van der Waals surface area contributed by atoms with E-state index in [-0.39, 0.29) is 5.41 Å². The third-order valence-corrected chi connectivity index (χ3v) is 6.71. The van der Waals surface area contributed by atoms with Crippen LogP contribution in [0.15, 0.2) is 42.5 Å². The minimum atomic E-state index is -4.33. The van der Waals surface area contributed by atoms with Crippen LogP contribution in [0.25, 0.3) is 17.0 Å². The molecule has 1 aromatic heterocycles. The molecule has 2 aliphatic rings. The lowest BCUT2D eigenvalue weighted by atomic mass is 9.58. The van der Waals surface area contributed by atoms with Gasteiger partial charge in [-0.2, -0.15) is 13.2 Å². The Morgan fingerprint density at radius 1 is 1.25 bits per heavy atom. The van der Waals surface area contributed by atoms with Crippen molar-refractivity contribution in [3.05, 3.63) is 59.4 Å². The molecule has 0 fully saturated rings. The summed E-state index contributed by atoms with van der Waals surface area (Å²) < 4.78 is 38.5. The van der Waals surface area contributed by atoms with Crippen LogP contribution in [0.1, 0.15) is 50.6 Å². The first kappa shape index (κ1) is 19.0. The van der Waals surface area contributed by atoms with Crippen molar-refractivity contribution in [1.29, 1.82) is 0 Å². The molecule has 2 aromatic rings. The highest BCUT2D eigenvalue weighted by Gasteiger charge is 2.45. The topological polar surface area (TPSA) is 28.7 Å². The van der Waals surface area contributed by atoms with Crippen LogP contribution in [0.4, 0.5) is 13.2 Å². The first-order valence-corrected chi connectivity index (χ1v) is 9.72. The summed E-state index contributed by atoms with van der Waals surface area (Å²) in [5, 5.41) is 0. The second kappa shape index (κ2) is 6.36. The molecule has 0 saturated heterocycles. The summed E-state index contributed by atoms with van der Waals surface area (Å²) in [4.78, 5) is 8.19. The molecule has 4 rings (SSSR count). The molecule has 148 valence electrons. The zero-order chi connectivity index (χ0) is 20.3. The Kier molecular flexibility index (Phi) is 4.32. The van der Waals surface area contributed by atoms with E-state index in [0.29, 0.717) is 23.2 Å². The molecule has 1 aromatic carbocycles. The Balaban J connectivity index is 1.72. The lowest BCUT2D eigenvalue weighted by molar-refractivity contribution is -0.137. The molecule has 0 saturated carbocycles. The van der Waals surface area contributed by atoms with E-state index in [1.165, 1.54) is 23.3 Å². The number of alkyl halides is 3. The average molecular weight is 386 g/mol. The van der Waals surface area contributed by atoms with Gasteiger partial charge in [0.2, 0.25) is 0 Å². The maximum absolute atomic E-state index is 12.8. The molecule has 1 heterocycles. The summed E-state index contributed by atoms with van der Waals surface area (Å²) in [5.41, 5.74) is 4.63. The third-order valence-electron chi connectivity index (χ3n) is 6.71. The van der Waals surface area contributed by atoms with Crippen LogP contribution in [0.2, 0.25) is 0 Å². The molecule has 5 heteroatoms. The van der Waals surface area contributed by atoms with E-state index in [1.807, 2.05) is 0 Å². The molecule has 0 amide bonds. The van der Waals surface area contributed by atoms with Crippen LogP contribution in [0.5, 0.6) is 0 Å². The van der Waals surface area contributed by atoms with Crippen molar-refractivity contribution in [3.8, 4) is 11.4 Å². The molecular weight excluding hydrogens is 361 g/mol. The molecule has 0 radical (unpaired) electrons. The molecular formula is C23H25F3N2. The molecule has 3 atom stereocenters. The van der Waals surface area contributed by atoms with Crippen LogP contribution in [-0.4, -0.2) is 9.97 Å². The summed E-state index contributed by atoms with van der Waals surface area (Å²) in [6.07, 6.45) is 0.894. The van der Waals surface area contributed by atoms with Crippen molar-refractivity contribution in [1.82, 2.24) is 9.97 Å². The quantitative estimate of drug-likeness (QED) is 0.574. The van der Waals surface area contributed by atoms with Gasteiger partial charge in [0.05, 0.1) is 11.3 Å². The van der Waals surface area contributed by atoms with Gasteiger partial charge in [-0.3, -0.25) is 0 Å². The van der Waals surface area contributed by atoms with E-state index in [4.69, 9.17) is 4.98 Å². The fourth-order valence-electron chi connectivity index (χ4n) is 4.67. The Bertz CT molecular complexity index is 949. The van der Waals surface area contributed by atoms with Gasteiger partial charge >= 0.3 is 6.18 Å². The van der Waals surface area contributed by atoms with Crippen LogP contribution in [0.3, 0.4) is 0 Å². The average Bonchev–Trinajstić information content (AvgIpc) is 3.04. The van der Waals surface area contributed by atoms with Crippen LogP contribution in [-0.2, 0) is 12.6 Å². The normalized spacial score (nSPS) is 27.0. The summed E-state index contributed by atoms with van der Waals surface area (Å²) >= 11 is 0. The van der Waals surface area contributed by atoms with E-state index in [9.17, 15) is 13.2 Å². The first-order chi connectivity index (χ1) is 13.1. The summed E-state index contributed by atoms with van der Waals surface area (Å²) in [6, 6.07) is 5.20. The molecule has 28 heavy (non-hydrogen) atoms. The van der Waals surface area contributed by atoms with Crippen LogP contribution >= 0.6 is 0 Å². The predicted molar refractivity (Wildman–Crippen MR) is 106 cm³/mol. The molecule has 0 unspecified atom stereocenters. The van der Waals surface area contributed by atoms with Crippen molar-refractivity contribution in [2.24, 2.45) is 17.3 Å². The van der Waals surface area contributed by atoms with Gasteiger partial charge in [-0.1, -0.05) is 44.2 Å². The van der Waals surface area contributed by atoms with Crippen molar-refractivity contribution >= 4 is 5.57 Å². The fourth-order valence-corrected chi connectivity index (χ4v) is 4.67. The van der Waals surface area contributed by atoms with Crippen molar-refractivity contribution < 1.29 is 13.2 Å². The van der Waals surface area contributed by atoms with Gasteiger partial charge in [0.15, 0.2) is 0 Å². The van der Waals surface area contributed by atoms with E-state index in [0.717, 1.165) is 42.8 Å². The third kappa shape index (κ3) is 3.01. The molecule has 2 nitrogen and oxygen atoms in total. The summed E-state index contributed by atoms with van der Waals surface area (Å²) in [7, 11) is 0. The maximum Gasteiger partial charge on any atom is 0.416 e. The molecule has 0 aliphatic heterocycles. The van der Waals surface area contributed by atoms with Gasteiger partial charge in [0, 0.05) is 11.3 Å². The zero-order valence-electron chi connectivity index (χ0n) is 16.5. The second-order valence-corrected chi connectivity index (χ2v) is 8.61. The van der Waals surface area contributed by atoms with Crippen molar-refractivity contribution in [3.63, 3.8) is 0 Å². The fraction of sp³-hybridized carbons (Fsp3) is 0.435. The number of benzene rings is 1. The van der Waals surface area contributed by atoms with E-state index < -0.39 is 11.7 Å². The van der Waals surface area contributed by atoms with E-state index in [1.54, 1.807) is 0 Å². The van der Waals surface area contributed by atoms with Gasteiger partial charge < -0.3 is 4.98 Å². The number of aromatic amines is 1. The molecule has 2 aliphatic carbocycles. The van der Waals surface area contributed by atoms with Gasteiger partial charge in [-0.25, -0.2) is 4.98 Å². The predicted octanol–water partition coefficient (Wildman–Crippen LogP) is 6.66. The number of nitrogens with one attached hydrogen (secondary N) is 1. The number of aromatic nitrogens is 2. The largest absolute Gasteiger partial charge is 0.416 e. The highest BCUT2D eigenvalue weighted by molar-refractivity contribution is 5.74. The van der Waals surface area contributed by atoms with Crippen LogP contribution in [0, 0.1) is 17.3 Å². The van der Waals surface area contributed by atoms with Crippen molar-refractivity contribution in [2.75, 3.05) is 0 Å². The van der Waals surface area contributed by atoms with E-state index in [2.05, 4.69) is 38.4 Å². The SMILES string of the molecule is C=C(C)[C@@H]1CC=C2c3nc(-c4ccc(C(F)(F)F)cc4)[nH]c3C[C@@H](C)[C@]2(C)C1. The van der Waals surface area contributed by atoms with Gasteiger partial charge in [0.25, 0.3) is 0 Å². The highest BCUT2D eigenvalue weighted by atomic mass is 19.4. The number of H-pyrrole nitrogens is 1. The molecule has 0 bridgehead atoms. The van der Waals surface area contributed by atoms with Gasteiger partial charge in [-0.15, -0.1) is 0 Å². The Labute approximate surface area is 163 Å².